The molecular weight excluding hydrogens is 196 g/mol. The lowest BCUT2D eigenvalue weighted by atomic mass is 9.95. The average molecular weight is 218 g/mol. The largest absolute Gasteiger partial charge is 0.399 e. The lowest BCUT2D eigenvalue weighted by Crippen LogP contribution is -2.35. The summed E-state index contributed by atoms with van der Waals surface area (Å²) in [5.41, 5.74) is 9.35. The third-order valence-corrected chi connectivity index (χ3v) is 3.55. The van der Waals surface area contributed by atoms with E-state index in [1.54, 1.807) is 0 Å². The highest BCUT2D eigenvalue weighted by atomic mass is 15.1. The van der Waals surface area contributed by atoms with Crippen LogP contribution in [0.4, 0.5) is 11.4 Å². The number of hydrogen-bond donors (Lipinski definition) is 1. The third kappa shape index (κ3) is 2.49. The van der Waals surface area contributed by atoms with Crippen molar-refractivity contribution in [1.82, 2.24) is 0 Å². The van der Waals surface area contributed by atoms with Gasteiger partial charge < -0.3 is 10.6 Å². The highest BCUT2D eigenvalue weighted by Crippen LogP contribution is 2.27. The molecule has 0 aliphatic carbocycles. The molecule has 2 N–H and O–H groups in total. The number of rotatable bonds is 2. The molecule has 1 saturated heterocycles. The van der Waals surface area contributed by atoms with Crippen LogP contribution in [0.3, 0.4) is 0 Å². The number of anilines is 2. The molecule has 1 aliphatic rings. The number of hydrogen-bond acceptors (Lipinski definition) is 2. The Kier molecular flexibility index (Phi) is 3.37. The van der Waals surface area contributed by atoms with Crippen LogP contribution in [-0.2, 0) is 0 Å². The molecule has 2 rings (SSSR count). The Balaban J connectivity index is 2.16. The van der Waals surface area contributed by atoms with Gasteiger partial charge in [0.25, 0.3) is 0 Å². The first-order valence-corrected chi connectivity index (χ1v) is 6.31. The summed E-state index contributed by atoms with van der Waals surface area (Å²) in [7, 11) is 0. The molecule has 1 atom stereocenters. The fraction of sp³-hybridized carbons (Fsp3) is 0.571. The molecule has 1 unspecified atom stereocenters. The Labute approximate surface area is 98.4 Å². The summed E-state index contributed by atoms with van der Waals surface area (Å²) < 4.78 is 0. The highest BCUT2D eigenvalue weighted by molar-refractivity contribution is 5.58. The van der Waals surface area contributed by atoms with E-state index >= 15 is 0 Å². The lowest BCUT2D eigenvalue weighted by Gasteiger charge is -2.34. The summed E-state index contributed by atoms with van der Waals surface area (Å²) in [6.07, 6.45) is 3.98. The van der Waals surface area contributed by atoms with Crippen LogP contribution in [0, 0.1) is 12.8 Å². The van der Waals surface area contributed by atoms with Crippen LogP contribution in [0.25, 0.3) is 0 Å². The number of benzene rings is 1. The Hall–Kier alpha value is -1.18. The SMILES string of the molecule is CCC1CCCN(c2cc(C)cc(N)c2)C1. The number of nitrogens with zero attached hydrogens (tertiary/aromatic N) is 1. The van der Waals surface area contributed by atoms with Gasteiger partial charge in [0.05, 0.1) is 0 Å². The van der Waals surface area contributed by atoms with E-state index in [2.05, 4.69) is 30.9 Å². The van der Waals surface area contributed by atoms with Crippen LogP contribution in [0.5, 0.6) is 0 Å². The van der Waals surface area contributed by atoms with Crippen LogP contribution in [-0.4, -0.2) is 13.1 Å². The first kappa shape index (κ1) is 11.3. The van der Waals surface area contributed by atoms with Crippen molar-refractivity contribution < 1.29 is 0 Å². The summed E-state index contributed by atoms with van der Waals surface area (Å²) >= 11 is 0. The molecule has 1 fully saturated rings. The van der Waals surface area contributed by atoms with E-state index in [1.165, 1.54) is 43.6 Å². The standard InChI is InChI=1S/C14H22N2/c1-3-12-5-4-6-16(10-12)14-8-11(2)7-13(15)9-14/h7-9,12H,3-6,10,15H2,1-2H3. The van der Waals surface area contributed by atoms with Gasteiger partial charge in [-0.05, 0) is 49.4 Å². The predicted octanol–water partition coefficient (Wildman–Crippen LogP) is 3.20. The first-order chi connectivity index (χ1) is 7.69. The fourth-order valence-corrected chi connectivity index (χ4v) is 2.61. The summed E-state index contributed by atoms with van der Waals surface area (Å²) in [6.45, 7) is 6.78. The van der Waals surface area contributed by atoms with Gasteiger partial charge in [-0.25, -0.2) is 0 Å². The monoisotopic (exact) mass is 218 g/mol. The van der Waals surface area contributed by atoms with Gasteiger partial charge >= 0.3 is 0 Å². The van der Waals surface area contributed by atoms with Crippen molar-refractivity contribution >= 4 is 11.4 Å². The molecule has 1 heterocycles. The molecule has 0 spiro atoms. The summed E-state index contributed by atoms with van der Waals surface area (Å²) in [4.78, 5) is 2.49. The Morgan fingerprint density at radius 2 is 2.19 bits per heavy atom. The highest BCUT2D eigenvalue weighted by Gasteiger charge is 2.18. The minimum absolute atomic E-state index is 0.857. The van der Waals surface area contributed by atoms with Gasteiger partial charge in [-0.15, -0.1) is 0 Å². The molecule has 2 heteroatoms. The zero-order valence-corrected chi connectivity index (χ0v) is 10.4. The van der Waals surface area contributed by atoms with Crippen LogP contribution in [0.15, 0.2) is 18.2 Å². The molecule has 0 amide bonds. The van der Waals surface area contributed by atoms with Crippen molar-refractivity contribution in [2.45, 2.75) is 33.1 Å². The lowest BCUT2D eigenvalue weighted by molar-refractivity contribution is 0.405. The third-order valence-electron chi connectivity index (χ3n) is 3.55. The molecule has 2 nitrogen and oxygen atoms in total. The molecule has 1 aliphatic heterocycles. The van der Waals surface area contributed by atoms with E-state index in [-0.39, 0.29) is 0 Å². The summed E-state index contributed by atoms with van der Waals surface area (Å²) in [5, 5.41) is 0. The molecular formula is C14H22N2. The van der Waals surface area contributed by atoms with Gasteiger partial charge in [0, 0.05) is 24.5 Å². The normalized spacial score (nSPS) is 21.1. The second kappa shape index (κ2) is 4.77. The van der Waals surface area contributed by atoms with E-state index in [1.807, 2.05) is 6.07 Å². The van der Waals surface area contributed by atoms with Crippen LogP contribution in [0.1, 0.15) is 31.7 Å². The molecule has 1 aromatic carbocycles. The van der Waals surface area contributed by atoms with Crippen LogP contribution in [0.2, 0.25) is 0 Å². The van der Waals surface area contributed by atoms with E-state index in [4.69, 9.17) is 5.73 Å². The van der Waals surface area contributed by atoms with Gasteiger partial charge in [0.15, 0.2) is 0 Å². The molecule has 0 aromatic heterocycles. The van der Waals surface area contributed by atoms with Crippen molar-refractivity contribution in [3.05, 3.63) is 23.8 Å². The van der Waals surface area contributed by atoms with Gasteiger partial charge in [-0.1, -0.05) is 13.3 Å². The molecule has 0 saturated carbocycles. The van der Waals surface area contributed by atoms with Crippen molar-refractivity contribution in [1.29, 1.82) is 0 Å². The maximum absolute atomic E-state index is 5.91. The molecule has 16 heavy (non-hydrogen) atoms. The summed E-state index contributed by atoms with van der Waals surface area (Å²) in [6, 6.07) is 6.38. The van der Waals surface area contributed by atoms with Gasteiger partial charge in [0.1, 0.15) is 0 Å². The van der Waals surface area contributed by atoms with E-state index < -0.39 is 0 Å². The number of aryl methyl sites for hydroxylation is 1. The second-order valence-corrected chi connectivity index (χ2v) is 4.96. The Bertz CT molecular complexity index is 340. The molecule has 88 valence electrons. The molecule has 0 bridgehead atoms. The maximum Gasteiger partial charge on any atom is 0.0389 e. The summed E-state index contributed by atoms with van der Waals surface area (Å²) in [5.74, 6) is 0.857. The Morgan fingerprint density at radius 1 is 1.38 bits per heavy atom. The maximum atomic E-state index is 5.91. The molecule has 0 radical (unpaired) electrons. The number of nitrogens with two attached hydrogens (primary N) is 1. The van der Waals surface area contributed by atoms with Crippen LogP contribution >= 0.6 is 0 Å². The second-order valence-electron chi connectivity index (χ2n) is 4.96. The number of piperidine rings is 1. The zero-order chi connectivity index (χ0) is 11.5. The minimum Gasteiger partial charge on any atom is -0.399 e. The molecule has 1 aromatic rings. The van der Waals surface area contributed by atoms with Gasteiger partial charge in [-0.2, -0.15) is 0 Å². The smallest absolute Gasteiger partial charge is 0.0389 e. The average Bonchev–Trinajstić information content (AvgIpc) is 2.28. The zero-order valence-electron chi connectivity index (χ0n) is 10.4. The quantitative estimate of drug-likeness (QED) is 0.772. The topological polar surface area (TPSA) is 29.3 Å². The van der Waals surface area contributed by atoms with E-state index in [0.717, 1.165) is 11.6 Å². The van der Waals surface area contributed by atoms with E-state index in [0.29, 0.717) is 0 Å². The number of nitrogen functional groups attached to an aromatic ring is 1. The van der Waals surface area contributed by atoms with Crippen molar-refractivity contribution in [3.8, 4) is 0 Å². The van der Waals surface area contributed by atoms with Gasteiger partial charge in [-0.3, -0.25) is 0 Å². The Morgan fingerprint density at radius 3 is 2.88 bits per heavy atom. The fourth-order valence-electron chi connectivity index (χ4n) is 2.61. The van der Waals surface area contributed by atoms with Gasteiger partial charge in [0.2, 0.25) is 0 Å². The van der Waals surface area contributed by atoms with Crippen molar-refractivity contribution in [2.75, 3.05) is 23.7 Å². The first-order valence-electron chi connectivity index (χ1n) is 6.31. The van der Waals surface area contributed by atoms with Crippen LogP contribution < -0.4 is 10.6 Å². The van der Waals surface area contributed by atoms with Crippen molar-refractivity contribution in [2.24, 2.45) is 5.92 Å². The van der Waals surface area contributed by atoms with Crippen molar-refractivity contribution in [3.63, 3.8) is 0 Å². The minimum atomic E-state index is 0.857. The predicted molar refractivity (Wildman–Crippen MR) is 70.8 cm³/mol. The van der Waals surface area contributed by atoms with E-state index in [9.17, 15) is 0 Å².